The van der Waals surface area contributed by atoms with Gasteiger partial charge in [-0.05, 0) is 43.4 Å². The van der Waals surface area contributed by atoms with Crippen molar-refractivity contribution in [3.8, 4) is 11.5 Å². The molecule has 1 amide bonds. The van der Waals surface area contributed by atoms with Crippen LogP contribution in [0.2, 0.25) is 0 Å². The molecule has 0 unspecified atom stereocenters. The van der Waals surface area contributed by atoms with Crippen LogP contribution in [-0.2, 0) is 16.2 Å². The second-order valence-electron chi connectivity index (χ2n) is 7.37. The maximum Gasteiger partial charge on any atom is 0.231 e. The van der Waals surface area contributed by atoms with Gasteiger partial charge < -0.3 is 14.4 Å². The fourth-order valence-corrected chi connectivity index (χ4v) is 4.06. The van der Waals surface area contributed by atoms with Crippen molar-refractivity contribution in [2.75, 3.05) is 26.5 Å². The SMILES string of the molecule is O=C(CCN1CCCCO1)N(Cc1ccc2c(c1)OCO2)C1CCCC1. The van der Waals surface area contributed by atoms with Gasteiger partial charge in [0.1, 0.15) is 0 Å². The number of amides is 1. The summed E-state index contributed by atoms with van der Waals surface area (Å²) in [4.78, 5) is 20.7. The van der Waals surface area contributed by atoms with E-state index in [1.54, 1.807) is 0 Å². The van der Waals surface area contributed by atoms with Crippen LogP contribution >= 0.6 is 0 Å². The Labute approximate surface area is 154 Å². The monoisotopic (exact) mass is 360 g/mol. The summed E-state index contributed by atoms with van der Waals surface area (Å²) < 4.78 is 10.9. The van der Waals surface area contributed by atoms with Crippen LogP contribution in [0.4, 0.5) is 0 Å². The summed E-state index contributed by atoms with van der Waals surface area (Å²) in [5.74, 6) is 1.79. The molecule has 26 heavy (non-hydrogen) atoms. The number of hydrogen-bond donors (Lipinski definition) is 0. The molecule has 3 aliphatic rings. The minimum atomic E-state index is 0.226. The summed E-state index contributed by atoms with van der Waals surface area (Å²) in [5.41, 5.74) is 1.10. The van der Waals surface area contributed by atoms with Gasteiger partial charge in [0, 0.05) is 32.1 Å². The first-order valence-electron chi connectivity index (χ1n) is 9.85. The van der Waals surface area contributed by atoms with Gasteiger partial charge in [0.15, 0.2) is 11.5 Å². The number of fused-ring (bicyclic) bond motifs is 1. The Kier molecular flexibility index (Phi) is 5.60. The van der Waals surface area contributed by atoms with Crippen molar-refractivity contribution >= 4 is 5.91 Å². The van der Waals surface area contributed by atoms with E-state index in [9.17, 15) is 4.79 Å². The largest absolute Gasteiger partial charge is 0.454 e. The van der Waals surface area contributed by atoms with Gasteiger partial charge in [0.2, 0.25) is 12.7 Å². The van der Waals surface area contributed by atoms with Gasteiger partial charge in [-0.15, -0.1) is 0 Å². The summed E-state index contributed by atoms with van der Waals surface area (Å²) in [7, 11) is 0. The third-order valence-electron chi connectivity index (χ3n) is 5.53. The first-order valence-corrected chi connectivity index (χ1v) is 9.85. The van der Waals surface area contributed by atoms with Crippen molar-refractivity contribution < 1.29 is 19.1 Å². The Morgan fingerprint density at radius 3 is 2.77 bits per heavy atom. The van der Waals surface area contributed by atoms with Crippen molar-refractivity contribution in [3.05, 3.63) is 23.8 Å². The van der Waals surface area contributed by atoms with Crippen molar-refractivity contribution in [3.63, 3.8) is 0 Å². The van der Waals surface area contributed by atoms with Crippen LogP contribution in [0, 0.1) is 0 Å². The van der Waals surface area contributed by atoms with Gasteiger partial charge >= 0.3 is 0 Å². The highest BCUT2D eigenvalue weighted by Crippen LogP contribution is 2.34. The van der Waals surface area contributed by atoms with Crippen LogP contribution in [0.5, 0.6) is 11.5 Å². The molecular weight excluding hydrogens is 332 g/mol. The van der Waals surface area contributed by atoms with E-state index in [4.69, 9.17) is 14.3 Å². The van der Waals surface area contributed by atoms with Crippen molar-refractivity contribution in [1.29, 1.82) is 0 Å². The standard InChI is InChI=1S/C20H28N2O4/c23-20(9-11-21-10-3-4-12-26-21)22(17-5-1-2-6-17)14-16-7-8-18-19(13-16)25-15-24-18/h7-8,13,17H,1-6,9-12,14-15H2. The van der Waals surface area contributed by atoms with Crippen molar-refractivity contribution in [1.82, 2.24) is 9.96 Å². The average Bonchev–Trinajstić information content (AvgIpc) is 3.36. The first kappa shape index (κ1) is 17.6. The van der Waals surface area contributed by atoms with E-state index in [2.05, 4.69) is 4.90 Å². The lowest BCUT2D eigenvalue weighted by Crippen LogP contribution is -2.40. The third-order valence-corrected chi connectivity index (χ3v) is 5.53. The molecule has 142 valence electrons. The fraction of sp³-hybridized carbons (Fsp3) is 0.650. The van der Waals surface area contributed by atoms with Gasteiger partial charge in [-0.2, -0.15) is 5.06 Å². The number of benzene rings is 1. The van der Waals surface area contributed by atoms with Crippen molar-refractivity contribution in [2.45, 2.75) is 57.5 Å². The van der Waals surface area contributed by atoms with Crippen LogP contribution in [0.25, 0.3) is 0 Å². The molecular formula is C20H28N2O4. The number of carbonyl (C=O) groups is 1. The summed E-state index contributed by atoms with van der Waals surface area (Å²) in [5, 5.41) is 1.95. The molecule has 0 N–H and O–H groups in total. The fourth-order valence-electron chi connectivity index (χ4n) is 4.06. The predicted molar refractivity (Wildman–Crippen MR) is 96.7 cm³/mol. The number of ether oxygens (including phenoxy) is 2. The Bertz CT molecular complexity index is 624. The van der Waals surface area contributed by atoms with Gasteiger partial charge in [0.25, 0.3) is 0 Å². The lowest BCUT2D eigenvalue weighted by atomic mass is 10.1. The normalized spacial score (nSPS) is 20.5. The third kappa shape index (κ3) is 4.13. The van der Waals surface area contributed by atoms with E-state index in [0.29, 0.717) is 25.6 Å². The molecule has 1 aromatic carbocycles. The van der Waals surface area contributed by atoms with E-state index < -0.39 is 0 Å². The highest BCUT2D eigenvalue weighted by molar-refractivity contribution is 5.76. The minimum Gasteiger partial charge on any atom is -0.454 e. The summed E-state index contributed by atoms with van der Waals surface area (Å²) in [6, 6.07) is 6.34. The molecule has 1 aliphatic carbocycles. The summed E-state index contributed by atoms with van der Waals surface area (Å²) >= 11 is 0. The van der Waals surface area contributed by atoms with Crippen molar-refractivity contribution in [2.24, 2.45) is 0 Å². The van der Waals surface area contributed by atoms with Crippen LogP contribution in [0.1, 0.15) is 50.5 Å². The molecule has 1 aromatic rings. The van der Waals surface area contributed by atoms with E-state index in [-0.39, 0.29) is 12.7 Å². The number of hydrogen-bond acceptors (Lipinski definition) is 5. The Morgan fingerprint density at radius 2 is 1.96 bits per heavy atom. The quantitative estimate of drug-likeness (QED) is 0.780. The number of hydroxylamine groups is 2. The molecule has 1 saturated heterocycles. The van der Waals surface area contributed by atoms with Crippen LogP contribution in [0.15, 0.2) is 18.2 Å². The average molecular weight is 360 g/mol. The minimum absolute atomic E-state index is 0.226. The second kappa shape index (κ2) is 8.27. The number of nitrogens with zero attached hydrogens (tertiary/aromatic N) is 2. The number of carbonyl (C=O) groups excluding carboxylic acids is 1. The van der Waals surface area contributed by atoms with E-state index in [1.165, 1.54) is 12.8 Å². The van der Waals surface area contributed by atoms with E-state index >= 15 is 0 Å². The molecule has 0 spiro atoms. The lowest BCUT2D eigenvalue weighted by molar-refractivity contribution is -0.183. The summed E-state index contributed by atoms with van der Waals surface area (Å²) in [6.45, 7) is 3.31. The molecule has 4 rings (SSSR count). The zero-order valence-electron chi connectivity index (χ0n) is 15.3. The Hall–Kier alpha value is -1.79. The molecule has 2 heterocycles. The van der Waals surface area contributed by atoms with Gasteiger partial charge in [0.05, 0.1) is 6.61 Å². The van der Waals surface area contributed by atoms with Gasteiger partial charge in [-0.1, -0.05) is 18.9 Å². The molecule has 0 atom stereocenters. The molecule has 6 heteroatoms. The van der Waals surface area contributed by atoms with Gasteiger partial charge in [-0.3, -0.25) is 9.63 Å². The Balaban J connectivity index is 1.40. The van der Waals surface area contributed by atoms with Crippen LogP contribution in [0.3, 0.4) is 0 Å². The van der Waals surface area contributed by atoms with E-state index in [1.807, 2.05) is 23.3 Å². The molecule has 0 radical (unpaired) electrons. The highest BCUT2D eigenvalue weighted by Gasteiger charge is 2.27. The predicted octanol–water partition coefficient (Wildman–Crippen LogP) is 3.10. The maximum atomic E-state index is 13.0. The lowest BCUT2D eigenvalue weighted by Gasteiger charge is -2.31. The number of rotatable bonds is 6. The molecule has 2 aliphatic heterocycles. The molecule has 2 fully saturated rings. The Morgan fingerprint density at radius 1 is 1.12 bits per heavy atom. The topological polar surface area (TPSA) is 51.2 Å². The maximum absolute atomic E-state index is 13.0. The van der Waals surface area contributed by atoms with Crippen LogP contribution in [-0.4, -0.2) is 48.4 Å². The zero-order chi connectivity index (χ0) is 17.8. The molecule has 6 nitrogen and oxygen atoms in total. The second-order valence-corrected chi connectivity index (χ2v) is 7.37. The zero-order valence-corrected chi connectivity index (χ0v) is 15.3. The van der Waals surface area contributed by atoms with E-state index in [0.717, 1.165) is 55.9 Å². The van der Waals surface area contributed by atoms with Gasteiger partial charge in [-0.25, -0.2) is 0 Å². The highest BCUT2D eigenvalue weighted by atomic mass is 16.7. The molecule has 1 saturated carbocycles. The molecule has 0 aromatic heterocycles. The van der Waals surface area contributed by atoms with Crippen LogP contribution < -0.4 is 9.47 Å². The summed E-state index contributed by atoms with van der Waals surface area (Å²) in [6.07, 6.45) is 7.42. The molecule has 0 bridgehead atoms. The smallest absolute Gasteiger partial charge is 0.231 e. The first-order chi connectivity index (χ1) is 12.8.